The van der Waals surface area contributed by atoms with E-state index in [4.69, 9.17) is 4.74 Å². The van der Waals surface area contributed by atoms with E-state index < -0.39 is 18.6 Å². The van der Waals surface area contributed by atoms with Gasteiger partial charge in [0.05, 0.1) is 13.0 Å². The van der Waals surface area contributed by atoms with E-state index in [1.807, 2.05) is 0 Å². The lowest BCUT2D eigenvalue weighted by atomic mass is 9.86. The second-order valence-corrected chi connectivity index (χ2v) is 6.03. The number of alkyl halides is 3. The summed E-state index contributed by atoms with van der Waals surface area (Å²) in [5.74, 6) is -0.751. The SMILES string of the molecule is COC(=O)C1CCC(NC2CC(=O)N(CC(F)(F)F)C2)CC1. The fourth-order valence-electron chi connectivity index (χ4n) is 3.25. The number of esters is 1. The summed E-state index contributed by atoms with van der Waals surface area (Å²) >= 11 is 0. The van der Waals surface area contributed by atoms with Crippen molar-refractivity contribution < 1.29 is 27.5 Å². The van der Waals surface area contributed by atoms with Gasteiger partial charge in [0, 0.05) is 25.0 Å². The number of hydrogen-bond acceptors (Lipinski definition) is 4. The molecule has 0 aromatic rings. The Morgan fingerprint density at radius 2 is 1.91 bits per heavy atom. The van der Waals surface area contributed by atoms with Gasteiger partial charge < -0.3 is 15.0 Å². The maximum Gasteiger partial charge on any atom is 0.406 e. The van der Waals surface area contributed by atoms with Crippen LogP contribution in [0.25, 0.3) is 0 Å². The molecule has 1 aliphatic heterocycles. The van der Waals surface area contributed by atoms with E-state index in [-0.39, 0.29) is 36.9 Å². The molecule has 1 aliphatic carbocycles. The number of methoxy groups -OCH3 is 1. The third-order valence-corrected chi connectivity index (χ3v) is 4.32. The Morgan fingerprint density at radius 3 is 2.45 bits per heavy atom. The first-order valence-electron chi connectivity index (χ1n) is 7.47. The summed E-state index contributed by atoms with van der Waals surface area (Å²) in [4.78, 5) is 23.9. The second-order valence-electron chi connectivity index (χ2n) is 6.03. The van der Waals surface area contributed by atoms with E-state index >= 15 is 0 Å². The van der Waals surface area contributed by atoms with Crippen molar-refractivity contribution in [1.82, 2.24) is 10.2 Å². The summed E-state index contributed by atoms with van der Waals surface area (Å²) in [6.45, 7) is -1.09. The van der Waals surface area contributed by atoms with Gasteiger partial charge in [-0.2, -0.15) is 13.2 Å². The lowest BCUT2D eigenvalue weighted by Gasteiger charge is -2.29. The molecule has 1 unspecified atom stereocenters. The van der Waals surface area contributed by atoms with E-state index in [9.17, 15) is 22.8 Å². The highest BCUT2D eigenvalue weighted by molar-refractivity contribution is 5.79. The Kier molecular flexibility index (Phi) is 5.31. The van der Waals surface area contributed by atoms with Crippen molar-refractivity contribution in [2.45, 2.75) is 50.4 Å². The number of likely N-dealkylation sites (tertiary alicyclic amines) is 1. The van der Waals surface area contributed by atoms with Crippen LogP contribution in [0.2, 0.25) is 0 Å². The zero-order valence-corrected chi connectivity index (χ0v) is 12.5. The molecule has 5 nitrogen and oxygen atoms in total. The number of carbonyl (C=O) groups is 2. The minimum atomic E-state index is -4.36. The summed E-state index contributed by atoms with van der Waals surface area (Å²) in [7, 11) is 1.37. The lowest BCUT2D eigenvalue weighted by Crippen LogP contribution is -2.43. The molecule has 0 aromatic carbocycles. The molecule has 8 heteroatoms. The Bertz CT molecular complexity index is 420. The first kappa shape index (κ1) is 17.1. The van der Waals surface area contributed by atoms with Crippen molar-refractivity contribution in [3.05, 3.63) is 0 Å². The van der Waals surface area contributed by atoms with Crippen LogP contribution in [-0.4, -0.2) is 55.2 Å². The van der Waals surface area contributed by atoms with Crippen LogP contribution in [0.5, 0.6) is 0 Å². The number of amides is 1. The number of halogens is 3. The highest BCUT2D eigenvalue weighted by atomic mass is 19.4. The quantitative estimate of drug-likeness (QED) is 0.797. The molecule has 126 valence electrons. The minimum Gasteiger partial charge on any atom is -0.469 e. The lowest BCUT2D eigenvalue weighted by molar-refractivity contribution is -0.157. The van der Waals surface area contributed by atoms with E-state index in [0.29, 0.717) is 12.8 Å². The third kappa shape index (κ3) is 4.59. The monoisotopic (exact) mass is 322 g/mol. The second kappa shape index (κ2) is 6.85. The van der Waals surface area contributed by atoms with Gasteiger partial charge in [0.25, 0.3) is 0 Å². The van der Waals surface area contributed by atoms with E-state index in [2.05, 4.69) is 5.32 Å². The average molecular weight is 322 g/mol. The van der Waals surface area contributed by atoms with Crippen LogP contribution in [0, 0.1) is 5.92 Å². The Hall–Kier alpha value is -1.31. The number of nitrogens with one attached hydrogen (secondary N) is 1. The molecule has 1 N–H and O–H groups in total. The third-order valence-electron chi connectivity index (χ3n) is 4.32. The summed E-state index contributed by atoms with van der Waals surface area (Å²) in [6.07, 6.45) is -1.31. The number of carbonyl (C=O) groups excluding carboxylic acids is 2. The number of nitrogens with zero attached hydrogens (tertiary/aromatic N) is 1. The highest BCUT2D eigenvalue weighted by Gasteiger charge is 2.39. The summed E-state index contributed by atoms with van der Waals surface area (Å²) < 4.78 is 41.8. The fourth-order valence-corrected chi connectivity index (χ4v) is 3.25. The molecule has 22 heavy (non-hydrogen) atoms. The van der Waals surface area contributed by atoms with Gasteiger partial charge in [-0.1, -0.05) is 0 Å². The van der Waals surface area contributed by atoms with Crippen LogP contribution in [-0.2, 0) is 14.3 Å². The minimum absolute atomic E-state index is 0.0880. The van der Waals surface area contributed by atoms with Crippen LogP contribution < -0.4 is 5.32 Å². The van der Waals surface area contributed by atoms with Crippen molar-refractivity contribution in [3.63, 3.8) is 0 Å². The van der Waals surface area contributed by atoms with Gasteiger partial charge in [0.15, 0.2) is 0 Å². The van der Waals surface area contributed by atoms with Gasteiger partial charge in [-0.05, 0) is 25.7 Å². The Labute approximate surface area is 127 Å². The molecule has 1 amide bonds. The Balaban J connectivity index is 1.77. The maximum absolute atomic E-state index is 12.4. The normalized spacial score (nSPS) is 29.7. The fraction of sp³-hybridized carbons (Fsp3) is 0.857. The van der Waals surface area contributed by atoms with Crippen molar-refractivity contribution in [2.24, 2.45) is 5.92 Å². The largest absolute Gasteiger partial charge is 0.469 e. The van der Waals surface area contributed by atoms with Gasteiger partial charge in [-0.15, -0.1) is 0 Å². The first-order chi connectivity index (χ1) is 10.3. The van der Waals surface area contributed by atoms with E-state index in [0.717, 1.165) is 17.7 Å². The average Bonchev–Trinajstić information content (AvgIpc) is 2.76. The summed E-state index contributed by atoms with van der Waals surface area (Å²) in [5.41, 5.74) is 0. The number of rotatable bonds is 4. The van der Waals surface area contributed by atoms with Gasteiger partial charge >= 0.3 is 12.1 Å². The topological polar surface area (TPSA) is 58.6 Å². The van der Waals surface area contributed by atoms with Crippen LogP contribution in [0.3, 0.4) is 0 Å². The van der Waals surface area contributed by atoms with Gasteiger partial charge in [-0.25, -0.2) is 0 Å². The number of hydrogen-bond donors (Lipinski definition) is 1. The van der Waals surface area contributed by atoms with Crippen LogP contribution in [0.1, 0.15) is 32.1 Å². The molecular formula is C14H21F3N2O3. The van der Waals surface area contributed by atoms with Gasteiger partial charge in [0.1, 0.15) is 6.54 Å². The van der Waals surface area contributed by atoms with Crippen molar-refractivity contribution >= 4 is 11.9 Å². The van der Waals surface area contributed by atoms with Crippen LogP contribution >= 0.6 is 0 Å². The van der Waals surface area contributed by atoms with E-state index in [1.54, 1.807) is 0 Å². The molecule has 0 bridgehead atoms. The summed E-state index contributed by atoms with van der Waals surface area (Å²) in [5, 5.41) is 3.26. The van der Waals surface area contributed by atoms with Crippen molar-refractivity contribution in [1.29, 1.82) is 0 Å². The summed E-state index contributed by atoms with van der Waals surface area (Å²) in [6, 6.07) is -0.0981. The van der Waals surface area contributed by atoms with Crippen LogP contribution in [0.4, 0.5) is 13.2 Å². The standard InChI is InChI=1S/C14H21F3N2O3/c1-22-13(21)9-2-4-10(5-3-9)18-11-6-12(20)19(7-11)8-14(15,16)17/h9-11,18H,2-8H2,1H3. The molecule has 1 saturated heterocycles. The molecule has 2 aliphatic rings. The predicted octanol–water partition coefficient (Wildman–Crippen LogP) is 1.47. The molecule has 2 rings (SSSR count). The Morgan fingerprint density at radius 1 is 1.27 bits per heavy atom. The zero-order chi connectivity index (χ0) is 16.3. The molecule has 1 atom stereocenters. The van der Waals surface area contributed by atoms with Crippen LogP contribution in [0.15, 0.2) is 0 Å². The molecule has 2 fully saturated rings. The molecule has 0 radical (unpaired) electrons. The molecular weight excluding hydrogens is 301 g/mol. The van der Waals surface area contributed by atoms with E-state index in [1.165, 1.54) is 7.11 Å². The number of ether oxygens (including phenoxy) is 1. The van der Waals surface area contributed by atoms with Gasteiger partial charge in [0.2, 0.25) is 5.91 Å². The maximum atomic E-state index is 12.4. The molecule has 0 spiro atoms. The first-order valence-corrected chi connectivity index (χ1v) is 7.47. The molecule has 1 heterocycles. The molecule has 1 saturated carbocycles. The highest BCUT2D eigenvalue weighted by Crippen LogP contribution is 2.27. The van der Waals surface area contributed by atoms with Crippen molar-refractivity contribution in [3.8, 4) is 0 Å². The van der Waals surface area contributed by atoms with Crippen molar-refractivity contribution in [2.75, 3.05) is 20.2 Å². The predicted molar refractivity (Wildman–Crippen MR) is 71.9 cm³/mol. The smallest absolute Gasteiger partial charge is 0.406 e. The molecule has 0 aromatic heterocycles. The van der Waals surface area contributed by atoms with Gasteiger partial charge in [-0.3, -0.25) is 9.59 Å². The zero-order valence-electron chi connectivity index (χ0n) is 12.5.